The van der Waals surface area contributed by atoms with Crippen LogP contribution >= 0.6 is 0 Å². The largest absolute Gasteiger partial charge is 0.484 e. The molecule has 0 atom stereocenters. The number of hydrogen-bond donors (Lipinski definition) is 1. The minimum atomic E-state index is -0.233. The second kappa shape index (κ2) is 11.0. The fourth-order valence-corrected chi connectivity index (χ4v) is 2.91. The van der Waals surface area contributed by atoms with Gasteiger partial charge in [-0.3, -0.25) is 9.48 Å². The van der Waals surface area contributed by atoms with E-state index in [-0.39, 0.29) is 12.5 Å². The first-order valence-corrected chi connectivity index (χ1v) is 10.2. The van der Waals surface area contributed by atoms with Crippen molar-refractivity contribution < 1.29 is 14.3 Å². The molecule has 1 N–H and O–H groups in total. The van der Waals surface area contributed by atoms with Crippen molar-refractivity contribution in [1.29, 1.82) is 0 Å². The molecule has 3 aromatic rings. The predicted molar refractivity (Wildman–Crippen MR) is 117 cm³/mol. The van der Waals surface area contributed by atoms with E-state index in [4.69, 9.17) is 9.47 Å². The zero-order valence-electron chi connectivity index (χ0n) is 17.5. The molecule has 1 amide bonds. The van der Waals surface area contributed by atoms with Crippen molar-refractivity contribution >= 4 is 11.6 Å². The summed E-state index contributed by atoms with van der Waals surface area (Å²) in [6.07, 6.45) is 3.48. The lowest BCUT2D eigenvalue weighted by atomic mass is 10.3. The zero-order valence-corrected chi connectivity index (χ0v) is 17.5. The third kappa shape index (κ3) is 6.63. The van der Waals surface area contributed by atoms with E-state index in [1.54, 1.807) is 30.5 Å². The Bertz CT molecular complexity index is 906. The number of rotatable bonds is 11. The molecule has 0 saturated heterocycles. The molecule has 0 radical (unpaired) electrons. The van der Waals surface area contributed by atoms with Gasteiger partial charge in [0.15, 0.2) is 6.61 Å². The molecule has 0 unspecified atom stereocenters. The maximum Gasteiger partial charge on any atom is 0.262 e. The van der Waals surface area contributed by atoms with E-state index < -0.39 is 0 Å². The van der Waals surface area contributed by atoms with Gasteiger partial charge in [-0.05, 0) is 49.5 Å². The van der Waals surface area contributed by atoms with Crippen molar-refractivity contribution in [2.75, 3.05) is 31.6 Å². The number of hydrogen-bond acceptors (Lipinski definition) is 5. The molecule has 0 aliphatic rings. The van der Waals surface area contributed by atoms with E-state index in [0.717, 1.165) is 31.9 Å². The van der Waals surface area contributed by atoms with Crippen LogP contribution < -0.4 is 14.8 Å². The van der Waals surface area contributed by atoms with Gasteiger partial charge in [-0.25, -0.2) is 0 Å². The first-order chi connectivity index (χ1) is 14.7. The minimum Gasteiger partial charge on any atom is -0.484 e. The van der Waals surface area contributed by atoms with E-state index in [1.165, 1.54) is 0 Å². The maximum atomic E-state index is 12.2. The summed E-state index contributed by atoms with van der Waals surface area (Å²) in [6, 6.07) is 16.7. The first kappa shape index (κ1) is 21.4. The highest BCUT2D eigenvalue weighted by Crippen LogP contribution is 2.23. The average Bonchev–Trinajstić information content (AvgIpc) is 3.22. The second-order valence-electron chi connectivity index (χ2n) is 6.74. The van der Waals surface area contributed by atoms with Crippen LogP contribution in [0.15, 0.2) is 67.0 Å². The van der Waals surface area contributed by atoms with Gasteiger partial charge in [-0.15, -0.1) is 0 Å². The van der Waals surface area contributed by atoms with Gasteiger partial charge in [-0.2, -0.15) is 5.10 Å². The molecule has 7 nitrogen and oxygen atoms in total. The Balaban J connectivity index is 1.42. The Labute approximate surface area is 177 Å². The van der Waals surface area contributed by atoms with Crippen LogP contribution in [0.3, 0.4) is 0 Å². The summed E-state index contributed by atoms with van der Waals surface area (Å²) in [5, 5.41) is 7.10. The highest BCUT2D eigenvalue weighted by atomic mass is 16.5. The quantitative estimate of drug-likeness (QED) is 0.519. The van der Waals surface area contributed by atoms with Gasteiger partial charge >= 0.3 is 0 Å². The Hall–Kier alpha value is -3.32. The molecular weight excluding hydrogens is 380 g/mol. The lowest BCUT2D eigenvalue weighted by Gasteiger charge is -2.17. The Morgan fingerprint density at radius 2 is 1.67 bits per heavy atom. The van der Waals surface area contributed by atoms with Gasteiger partial charge in [0.25, 0.3) is 5.91 Å². The molecule has 2 aromatic carbocycles. The van der Waals surface area contributed by atoms with Crippen LogP contribution in [0, 0.1) is 0 Å². The fraction of sp³-hybridized carbons (Fsp3) is 0.304. The summed E-state index contributed by atoms with van der Waals surface area (Å²) in [6.45, 7) is 7.93. The SMILES string of the molecule is CCN(CC)CCn1cc(NC(=O)COc2ccc(Oc3ccccc3)cc2)cn1. The van der Waals surface area contributed by atoms with Gasteiger partial charge in [0, 0.05) is 12.7 Å². The molecule has 0 saturated carbocycles. The summed E-state index contributed by atoms with van der Waals surface area (Å²) >= 11 is 0. The Morgan fingerprint density at radius 3 is 2.37 bits per heavy atom. The van der Waals surface area contributed by atoms with Crippen molar-refractivity contribution in [3.05, 3.63) is 67.0 Å². The maximum absolute atomic E-state index is 12.2. The second-order valence-corrected chi connectivity index (χ2v) is 6.74. The molecular formula is C23H28N4O3. The smallest absolute Gasteiger partial charge is 0.262 e. The van der Waals surface area contributed by atoms with E-state index in [0.29, 0.717) is 17.2 Å². The number of ether oxygens (including phenoxy) is 2. The van der Waals surface area contributed by atoms with Crippen LogP contribution in [0.5, 0.6) is 17.2 Å². The normalized spacial score (nSPS) is 10.8. The van der Waals surface area contributed by atoms with Crippen LogP contribution in [-0.4, -0.2) is 46.8 Å². The number of nitrogens with zero attached hydrogens (tertiary/aromatic N) is 3. The van der Waals surface area contributed by atoms with Crippen molar-refractivity contribution in [3.63, 3.8) is 0 Å². The third-order valence-electron chi connectivity index (χ3n) is 4.63. The lowest BCUT2D eigenvalue weighted by Crippen LogP contribution is -2.27. The molecule has 1 heterocycles. The fourth-order valence-electron chi connectivity index (χ4n) is 2.91. The predicted octanol–water partition coefficient (Wildman–Crippen LogP) is 4.03. The van der Waals surface area contributed by atoms with E-state index in [2.05, 4.69) is 29.2 Å². The number of nitrogens with one attached hydrogen (secondary N) is 1. The molecule has 0 fully saturated rings. The molecule has 3 rings (SSSR count). The van der Waals surface area contributed by atoms with Gasteiger partial charge in [-0.1, -0.05) is 32.0 Å². The van der Waals surface area contributed by atoms with E-state index in [9.17, 15) is 4.79 Å². The number of likely N-dealkylation sites (N-methyl/N-ethyl adjacent to an activating group) is 1. The summed E-state index contributed by atoms with van der Waals surface area (Å²) in [7, 11) is 0. The highest BCUT2D eigenvalue weighted by Gasteiger charge is 2.07. The van der Waals surface area contributed by atoms with Crippen molar-refractivity contribution in [1.82, 2.24) is 14.7 Å². The van der Waals surface area contributed by atoms with Gasteiger partial charge in [0.2, 0.25) is 0 Å². The van der Waals surface area contributed by atoms with Crippen LogP contribution in [-0.2, 0) is 11.3 Å². The molecule has 1 aromatic heterocycles. The summed E-state index contributed by atoms with van der Waals surface area (Å²) in [5.41, 5.74) is 0.662. The zero-order chi connectivity index (χ0) is 21.2. The van der Waals surface area contributed by atoms with Crippen LogP contribution in [0.1, 0.15) is 13.8 Å². The molecule has 0 bridgehead atoms. The number of para-hydroxylation sites is 1. The molecule has 0 aliphatic carbocycles. The van der Waals surface area contributed by atoms with Gasteiger partial charge < -0.3 is 19.7 Å². The van der Waals surface area contributed by atoms with E-state index in [1.807, 2.05) is 41.2 Å². The summed E-state index contributed by atoms with van der Waals surface area (Å²) in [5.74, 6) is 1.83. The van der Waals surface area contributed by atoms with Crippen molar-refractivity contribution in [2.24, 2.45) is 0 Å². The van der Waals surface area contributed by atoms with E-state index >= 15 is 0 Å². The van der Waals surface area contributed by atoms with Gasteiger partial charge in [0.05, 0.1) is 18.4 Å². The highest BCUT2D eigenvalue weighted by molar-refractivity contribution is 5.91. The van der Waals surface area contributed by atoms with Crippen molar-refractivity contribution in [3.8, 4) is 17.2 Å². The molecule has 0 aliphatic heterocycles. The number of carbonyl (C=O) groups excluding carboxylic acids is 1. The first-order valence-electron chi connectivity index (χ1n) is 10.2. The molecule has 0 spiro atoms. The number of carbonyl (C=O) groups is 1. The lowest BCUT2D eigenvalue weighted by molar-refractivity contribution is -0.118. The number of anilines is 1. The number of benzene rings is 2. The van der Waals surface area contributed by atoms with Crippen LogP contribution in [0.4, 0.5) is 5.69 Å². The molecule has 30 heavy (non-hydrogen) atoms. The van der Waals surface area contributed by atoms with Crippen molar-refractivity contribution in [2.45, 2.75) is 20.4 Å². The monoisotopic (exact) mass is 408 g/mol. The topological polar surface area (TPSA) is 68.6 Å². The van der Waals surface area contributed by atoms with Crippen LogP contribution in [0.2, 0.25) is 0 Å². The Kier molecular flexibility index (Phi) is 7.86. The third-order valence-corrected chi connectivity index (χ3v) is 4.63. The molecule has 7 heteroatoms. The minimum absolute atomic E-state index is 0.0798. The Morgan fingerprint density at radius 1 is 1.00 bits per heavy atom. The van der Waals surface area contributed by atoms with Gasteiger partial charge in [0.1, 0.15) is 17.2 Å². The number of aromatic nitrogens is 2. The molecule has 158 valence electrons. The summed E-state index contributed by atoms with van der Waals surface area (Å²) in [4.78, 5) is 14.5. The summed E-state index contributed by atoms with van der Waals surface area (Å²) < 4.78 is 13.1. The average molecular weight is 409 g/mol. The van der Waals surface area contributed by atoms with Crippen LogP contribution in [0.25, 0.3) is 0 Å². The standard InChI is InChI=1S/C23H28N4O3/c1-3-26(4-2)14-15-27-17-19(16-24-27)25-23(28)18-29-20-10-12-22(13-11-20)30-21-8-6-5-7-9-21/h5-13,16-17H,3-4,14-15,18H2,1-2H3,(H,25,28). The number of amides is 1.